The molecule has 35 heavy (non-hydrogen) atoms. The highest BCUT2D eigenvalue weighted by Gasteiger charge is 2.58. The lowest BCUT2D eigenvalue weighted by molar-refractivity contribution is -0.132. The van der Waals surface area contributed by atoms with Gasteiger partial charge in [0.1, 0.15) is 5.82 Å². The van der Waals surface area contributed by atoms with Crippen LogP contribution in [0.3, 0.4) is 0 Å². The van der Waals surface area contributed by atoms with Crippen molar-refractivity contribution in [1.29, 1.82) is 0 Å². The minimum absolute atomic E-state index is 0.0267. The van der Waals surface area contributed by atoms with Crippen LogP contribution in [0.4, 0.5) is 4.39 Å². The van der Waals surface area contributed by atoms with E-state index in [9.17, 15) is 9.18 Å². The second-order valence-electron chi connectivity index (χ2n) is 11.5. The zero-order valence-corrected chi connectivity index (χ0v) is 20.3. The number of rotatable bonds is 3. The van der Waals surface area contributed by atoms with Crippen LogP contribution in [0.25, 0.3) is 0 Å². The fraction of sp³-hybridized carbons (Fsp3) is 0.467. The van der Waals surface area contributed by atoms with Gasteiger partial charge in [0.15, 0.2) is 0 Å². The van der Waals surface area contributed by atoms with Gasteiger partial charge in [0, 0.05) is 31.1 Å². The van der Waals surface area contributed by atoms with Gasteiger partial charge in [0.25, 0.3) is 0 Å². The smallest absolute Gasteiger partial charge is 0.223 e. The third kappa shape index (κ3) is 3.09. The number of amides is 1. The lowest BCUT2D eigenvalue weighted by atomic mass is 9.53. The summed E-state index contributed by atoms with van der Waals surface area (Å²) in [6.07, 6.45) is 7.51. The molecule has 0 radical (unpaired) electrons. The van der Waals surface area contributed by atoms with Gasteiger partial charge in [0.2, 0.25) is 5.91 Å². The van der Waals surface area contributed by atoms with Crippen molar-refractivity contribution < 1.29 is 9.18 Å². The molecule has 5 heteroatoms. The Morgan fingerprint density at radius 2 is 1.91 bits per heavy atom. The van der Waals surface area contributed by atoms with Crippen LogP contribution < -0.4 is 0 Å². The predicted molar refractivity (Wildman–Crippen MR) is 132 cm³/mol. The van der Waals surface area contributed by atoms with Gasteiger partial charge in [-0.25, -0.2) is 4.39 Å². The molecule has 1 fully saturated rings. The molecule has 1 aromatic heterocycles. The van der Waals surface area contributed by atoms with Crippen LogP contribution in [0, 0.1) is 17.7 Å². The Hall–Kier alpha value is -2.95. The summed E-state index contributed by atoms with van der Waals surface area (Å²) in [7, 11) is 0. The summed E-state index contributed by atoms with van der Waals surface area (Å²) in [4.78, 5) is 15.3. The van der Waals surface area contributed by atoms with Gasteiger partial charge >= 0.3 is 0 Å². The minimum Gasteiger partial charge on any atom is -0.334 e. The molecule has 3 unspecified atom stereocenters. The Morgan fingerprint density at radius 3 is 2.71 bits per heavy atom. The summed E-state index contributed by atoms with van der Waals surface area (Å²) < 4.78 is 14.6. The van der Waals surface area contributed by atoms with Crippen molar-refractivity contribution in [3.8, 4) is 0 Å². The number of aromatic nitrogens is 2. The van der Waals surface area contributed by atoms with Crippen LogP contribution in [0.1, 0.15) is 84.4 Å². The van der Waals surface area contributed by atoms with Crippen LogP contribution in [-0.2, 0) is 29.7 Å². The van der Waals surface area contributed by atoms with E-state index in [0.29, 0.717) is 30.1 Å². The number of aromatic amines is 1. The SMILES string of the molecule is C[C@]12CCC3c4cccc(F)c4CCC3C1[C@H](CCC(=O)N1Cc3ccccc3C1)c1c[nH]nc12. The number of nitrogens with one attached hydrogen (secondary N) is 1. The van der Waals surface area contributed by atoms with Crippen LogP contribution in [0.5, 0.6) is 0 Å². The molecule has 3 aromatic rings. The van der Waals surface area contributed by atoms with Gasteiger partial charge < -0.3 is 4.90 Å². The van der Waals surface area contributed by atoms with E-state index in [1.54, 1.807) is 6.07 Å². The molecular formula is C30H32FN3O. The van der Waals surface area contributed by atoms with Crippen molar-refractivity contribution >= 4 is 5.91 Å². The first-order chi connectivity index (χ1) is 17.0. The second kappa shape index (κ2) is 7.78. The van der Waals surface area contributed by atoms with Crippen molar-refractivity contribution in [2.24, 2.45) is 11.8 Å². The Labute approximate surface area is 205 Å². The van der Waals surface area contributed by atoms with Gasteiger partial charge in [-0.1, -0.05) is 43.3 Å². The van der Waals surface area contributed by atoms with E-state index in [4.69, 9.17) is 5.10 Å². The van der Waals surface area contributed by atoms with E-state index in [-0.39, 0.29) is 17.1 Å². The molecular weight excluding hydrogens is 437 g/mol. The number of benzene rings is 2. The van der Waals surface area contributed by atoms with E-state index in [2.05, 4.69) is 48.6 Å². The topological polar surface area (TPSA) is 49.0 Å². The fourth-order valence-electron chi connectivity index (χ4n) is 8.36. The monoisotopic (exact) mass is 469 g/mol. The highest BCUT2D eigenvalue weighted by molar-refractivity contribution is 5.77. The first kappa shape index (κ1) is 21.3. The summed E-state index contributed by atoms with van der Waals surface area (Å²) >= 11 is 0. The number of fused-ring (bicyclic) bond motifs is 8. The third-order valence-electron chi connectivity index (χ3n) is 9.88. The maximum Gasteiger partial charge on any atom is 0.223 e. The minimum atomic E-state index is -0.0392. The fourth-order valence-corrected chi connectivity index (χ4v) is 8.36. The van der Waals surface area contributed by atoms with Crippen molar-refractivity contribution in [3.05, 3.63) is 88.0 Å². The number of halogens is 1. The maximum atomic E-state index is 14.6. The van der Waals surface area contributed by atoms with Crippen LogP contribution in [0.15, 0.2) is 48.7 Å². The summed E-state index contributed by atoms with van der Waals surface area (Å²) in [6.45, 7) is 3.85. The van der Waals surface area contributed by atoms with Crippen molar-refractivity contribution in [1.82, 2.24) is 15.1 Å². The molecule has 7 rings (SSSR count). The molecule has 0 bridgehead atoms. The third-order valence-corrected chi connectivity index (χ3v) is 9.88. The average molecular weight is 470 g/mol. The number of carbonyl (C=O) groups is 1. The van der Waals surface area contributed by atoms with E-state index >= 15 is 0 Å². The van der Waals surface area contributed by atoms with E-state index < -0.39 is 0 Å². The highest BCUT2D eigenvalue weighted by Crippen LogP contribution is 2.64. The van der Waals surface area contributed by atoms with Crippen molar-refractivity contribution in [3.63, 3.8) is 0 Å². The summed E-state index contributed by atoms with van der Waals surface area (Å²) in [6, 6.07) is 14.0. The maximum absolute atomic E-state index is 14.6. The Morgan fingerprint density at radius 1 is 1.11 bits per heavy atom. The highest BCUT2D eigenvalue weighted by atomic mass is 19.1. The van der Waals surface area contributed by atoms with Crippen molar-refractivity contribution in [2.45, 2.75) is 75.8 Å². The van der Waals surface area contributed by atoms with Gasteiger partial charge in [-0.05, 0) is 89.7 Å². The number of H-pyrrole nitrogens is 1. The van der Waals surface area contributed by atoms with Gasteiger partial charge in [-0.2, -0.15) is 5.10 Å². The molecule has 0 saturated heterocycles. The van der Waals surface area contributed by atoms with Crippen molar-refractivity contribution in [2.75, 3.05) is 0 Å². The zero-order valence-electron chi connectivity index (χ0n) is 20.3. The average Bonchev–Trinajstić information content (AvgIpc) is 3.57. The zero-order chi connectivity index (χ0) is 23.7. The standard InChI is InChI=1S/C30H32FN3O/c1-30-14-13-21-20-7-4-8-26(31)22(20)9-10-23(21)28(30)24(25-15-32-33-29(25)30)11-12-27(35)34-16-18-5-2-3-6-19(18)17-34/h2-8,15,21,23-24,28H,9-14,16-17H2,1H3,(H,32,33)/t21?,23?,24-,28?,30+/m1/s1. The molecule has 2 aromatic carbocycles. The van der Waals surface area contributed by atoms with Crippen LogP contribution in [-0.4, -0.2) is 21.0 Å². The molecule has 4 aliphatic rings. The number of carbonyl (C=O) groups excluding carboxylic acids is 1. The molecule has 3 aliphatic carbocycles. The van der Waals surface area contributed by atoms with Gasteiger partial charge in [-0.15, -0.1) is 0 Å². The summed E-state index contributed by atoms with van der Waals surface area (Å²) in [5, 5.41) is 7.89. The quantitative estimate of drug-likeness (QED) is 0.513. The molecule has 2 heterocycles. The lowest BCUT2D eigenvalue weighted by Crippen LogP contribution is -2.44. The molecule has 1 amide bonds. The molecule has 1 N–H and O–H groups in total. The number of nitrogens with zero attached hydrogens (tertiary/aromatic N) is 2. The molecule has 0 spiro atoms. The van der Waals surface area contributed by atoms with Crippen LogP contribution in [0.2, 0.25) is 0 Å². The first-order valence-corrected chi connectivity index (χ1v) is 13.2. The molecule has 1 saturated carbocycles. The van der Waals surface area contributed by atoms with Gasteiger partial charge in [-0.3, -0.25) is 9.89 Å². The van der Waals surface area contributed by atoms with E-state index in [0.717, 1.165) is 50.8 Å². The van der Waals surface area contributed by atoms with E-state index in [1.165, 1.54) is 27.9 Å². The van der Waals surface area contributed by atoms with Gasteiger partial charge in [0.05, 0.1) is 5.69 Å². The predicted octanol–water partition coefficient (Wildman–Crippen LogP) is 5.98. The van der Waals surface area contributed by atoms with Crippen LogP contribution >= 0.6 is 0 Å². The Balaban J connectivity index is 1.16. The molecule has 4 nitrogen and oxygen atoms in total. The summed E-state index contributed by atoms with van der Waals surface area (Å²) in [5.74, 6) is 1.91. The van der Waals surface area contributed by atoms with E-state index in [1.807, 2.05) is 11.0 Å². The lowest BCUT2D eigenvalue weighted by Gasteiger charge is -2.50. The largest absolute Gasteiger partial charge is 0.334 e. The Kier molecular flexibility index (Phi) is 4.74. The molecule has 180 valence electrons. The normalized spacial score (nSPS) is 30.3. The number of hydrogen-bond acceptors (Lipinski definition) is 2. The number of hydrogen-bond donors (Lipinski definition) is 1. The second-order valence-corrected chi connectivity index (χ2v) is 11.5. The molecule has 1 aliphatic heterocycles. The Bertz CT molecular complexity index is 1290. The molecule has 5 atom stereocenters. The summed E-state index contributed by atoms with van der Waals surface area (Å²) in [5.41, 5.74) is 7.29. The first-order valence-electron chi connectivity index (χ1n) is 13.2.